The zero-order valence-corrected chi connectivity index (χ0v) is 11.9. The topological polar surface area (TPSA) is 66.8 Å². The van der Waals surface area contributed by atoms with Crippen LogP contribution in [0.15, 0.2) is 0 Å². The summed E-state index contributed by atoms with van der Waals surface area (Å²) < 4.78 is 5.32. The predicted molar refractivity (Wildman–Crippen MR) is 69.8 cm³/mol. The van der Waals surface area contributed by atoms with E-state index in [2.05, 4.69) is 0 Å². The van der Waals surface area contributed by atoms with Gasteiger partial charge in [-0.1, -0.05) is 6.42 Å². The Bertz CT molecular complexity index is 383. The van der Waals surface area contributed by atoms with Crippen molar-refractivity contribution in [2.24, 2.45) is 11.3 Å². The highest BCUT2D eigenvalue weighted by Crippen LogP contribution is 2.48. The SMILES string of the molecule is CC(C)(C)OC(=O)N1CCC(C(=O)O)(C2CCC2)C1. The Labute approximate surface area is 113 Å². The summed E-state index contributed by atoms with van der Waals surface area (Å²) in [5.41, 5.74) is -1.28. The van der Waals surface area contributed by atoms with Gasteiger partial charge in [0.2, 0.25) is 0 Å². The van der Waals surface area contributed by atoms with Crippen molar-refractivity contribution in [1.82, 2.24) is 4.90 Å². The van der Waals surface area contributed by atoms with E-state index < -0.39 is 23.1 Å². The number of hydrogen-bond donors (Lipinski definition) is 1. The molecule has 0 bridgehead atoms. The van der Waals surface area contributed by atoms with E-state index in [0.717, 1.165) is 19.3 Å². The van der Waals surface area contributed by atoms with Crippen LogP contribution >= 0.6 is 0 Å². The number of carbonyl (C=O) groups excluding carboxylic acids is 1. The van der Waals surface area contributed by atoms with Crippen molar-refractivity contribution in [2.75, 3.05) is 13.1 Å². The average molecular weight is 269 g/mol. The predicted octanol–water partition coefficient (Wildman–Crippen LogP) is 2.50. The quantitative estimate of drug-likeness (QED) is 0.836. The first-order valence-corrected chi connectivity index (χ1v) is 6.96. The van der Waals surface area contributed by atoms with E-state index in [0.29, 0.717) is 19.5 Å². The second-order valence-electron chi connectivity index (χ2n) is 6.74. The summed E-state index contributed by atoms with van der Waals surface area (Å²) in [5, 5.41) is 9.55. The second kappa shape index (κ2) is 4.69. The molecule has 1 heterocycles. The molecular formula is C14H23NO4. The highest BCUT2D eigenvalue weighted by molar-refractivity contribution is 5.78. The lowest BCUT2D eigenvalue weighted by Crippen LogP contribution is -2.45. The highest BCUT2D eigenvalue weighted by Gasteiger charge is 2.53. The van der Waals surface area contributed by atoms with E-state index in [1.54, 1.807) is 4.90 Å². The van der Waals surface area contributed by atoms with Crippen molar-refractivity contribution in [3.05, 3.63) is 0 Å². The van der Waals surface area contributed by atoms with Crippen LogP contribution in [-0.4, -0.2) is 40.8 Å². The number of nitrogens with zero attached hydrogens (tertiary/aromatic N) is 1. The Hall–Kier alpha value is -1.26. The van der Waals surface area contributed by atoms with E-state index in [1.165, 1.54) is 0 Å². The first kappa shape index (κ1) is 14.2. The smallest absolute Gasteiger partial charge is 0.410 e. The number of rotatable bonds is 2. The minimum absolute atomic E-state index is 0.220. The maximum absolute atomic E-state index is 12.0. The van der Waals surface area contributed by atoms with Crippen molar-refractivity contribution < 1.29 is 19.4 Å². The third-order valence-electron chi connectivity index (χ3n) is 4.27. The fourth-order valence-electron chi connectivity index (χ4n) is 2.96. The van der Waals surface area contributed by atoms with Gasteiger partial charge in [0, 0.05) is 13.1 Å². The van der Waals surface area contributed by atoms with Crippen molar-refractivity contribution >= 4 is 12.1 Å². The minimum atomic E-state index is -0.761. The van der Waals surface area contributed by atoms with Crippen LogP contribution in [0.5, 0.6) is 0 Å². The molecule has 2 aliphatic rings. The molecular weight excluding hydrogens is 246 g/mol. The van der Waals surface area contributed by atoms with Crippen LogP contribution in [0.1, 0.15) is 46.5 Å². The van der Waals surface area contributed by atoms with Crippen LogP contribution in [-0.2, 0) is 9.53 Å². The van der Waals surface area contributed by atoms with Crippen LogP contribution in [0.3, 0.4) is 0 Å². The first-order chi connectivity index (χ1) is 8.74. The van der Waals surface area contributed by atoms with Gasteiger partial charge < -0.3 is 14.7 Å². The molecule has 2 fully saturated rings. The third-order valence-corrected chi connectivity index (χ3v) is 4.27. The van der Waals surface area contributed by atoms with Crippen molar-refractivity contribution in [3.8, 4) is 0 Å². The second-order valence-corrected chi connectivity index (χ2v) is 6.74. The average Bonchev–Trinajstić information content (AvgIpc) is 2.58. The Morgan fingerprint density at radius 1 is 1.32 bits per heavy atom. The molecule has 0 radical (unpaired) electrons. The lowest BCUT2D eigenvalue weighted by molar-refractivity contribution is -0.153. The minimum Gasteiger partial charge on any atom is -0.481 e. The summed E-state index contributed by atoms with van der Waals surface area (Å²) in [5.74, 6) is -0.541. The van der Waals surface area contributed by atoms with Gasteiger partial charge in [0.1, 0.15) is 5.60 Å². The standard InChI is InChI=1S/C14H23NO4/c1-13(2,3)19-12(18)15-8-7-14(9-15,11(16)17)10-5-4-6-10/h10H,4-9H2,1-3H3,(H,16,17). The van der Waals surface area contributed by atoms with E-state index in [1.807, 2.05) is 20.8 Å². The Morgan fingerprint density at radius 2 is 1.95 bits per heavy atom. The maximum Gasteiger partial charge on any atom is 0.410 e. The molecule has 1 aliphatic heterocycles. The van der Waals surface area contributed by atoms with Crippen LogP contribution in [0.4, 0.5) is 4.79 Å². The number of likely N-dealkylation sites (tertiary alicyclic amines) is 1. The van der Waals surface area contributed by atoms with Crippen LogP contribution in [0.25, 0.3) is 0 Å². The fraction of sp³-hybridized carbons (Fsp3) is 0.857. The molecule has 1 saturated heterocycles. The van der Waals surface area contributed by atoms with Gasteiger partial charge in [0.25, 0.3) is 0 Å². The van der Waals surface area contributed by atoms with E-state index in [9.17, 15) is 14.7 Å². The van der Waals surface area contributed by atoms with E-state index >= 15 is 0 Å². The molecule has 108 valence electrons. The van der Waals surface area contributed by atoms with E-state index in [-0.39, 0.29) is 5.92 Å². The van der Waals surface area contributed by atoms with Gasteiger partial charge in [-0.15, -0.1) is 0 Å². The number of aliphatic carboxylic acids is 1. The lowest BCUT2D eigenvalue weighted by Gasteiger charge is -2.39. The summed E-state index contributed by atoms with van der Waals surface area (Å²) in [6.45, 7) is 6.23. The van der Waals surface area contributed by atoms with Crippen LogP contribution < -0.4 is 0 Å². The molecule has 5 heteroatoms. The third kappa shape index (κ3) is 2.69. The molecule has 0 aromatic heterocycles. The molecule has 0 aromatic carbocycles. The zero-order valence-electron chi connectivity index (χ0n) is 11.9. The lowest BCUT2D eigenvalue weighted by atomic mass is 9.64. The van der Waals surface area contributed by atoms with Gasteiger partial charge in [0.15, 0.2) is 0 Å². The maximum atomic E-state index is 12.0. The molecule has 1 unspecified atom stereocenters. The normalized spacial score (nSPS) is 28.1. The van der Waals surface area contributed by atoms with Gasteiger partial charge in [-0.3, -0.25) is 4.79 Å². The Balaban J connectivity index is 2.04. The van der Waals surface area contributed by atoms with Crippen LogP contribution in [0.2, 0.25) is 0 Å². The number of carbonyl (C=O) groups is 2. The van der Waals surface area contributed by atoms with Gasteiger partial charge >= 0.3 is 12.1 Å². The molecule has 5 nitrogen and oxygen atoms in total. The fourth-order valence-corrected chi connectivity index (χ4v) is 2.96. The summed E-state index contributed by atoms with van der Waals surface area (Å²) in [4.78, 5) is 25.2. The number of carboxylic acid groups (broad SMARTS) is 1. The molecule has 1 atom stereocenters. The van der Waals surface area contributed by atoms with E-state index in [4.69, 9.17) is 4.74 Å². The number of ether oxygens (including phenoxy) is 1. The zero-order chi connectivity index (χ0) is 14.3. The molecule has 0 spiro atoms. The highest BCUT2D eigenvalue weighted by atomic mass is 16.6. The summed E-state index contributed by atoms with van der Waals surface area (Å²) >= 11 is 0. The molecule has 1 amide bonds. The molecule has 19 heavy (non-hydrogen) atoms. The van der Waals surface area contributed by atoms with Crippen molar-refractivity contribution in [1.29, 1.82) is 0 Å². The molecule has 1 aliphatic carbocycles. The largest absolute Gasteiger partial charge is 0.481 e. The Morgan fingerprint density at radius 3 is 2.37 bits per heavy atom. The van der Waals surface area contributed by atoms with Crippen molar-refractivity contribution in [3.63, 3.8) is 0 Å². The van der Waals surface area contributed by atoms with Gasteiger partial charge in [-0.2, -0.15) is 0 Å². The van der Waals surface area contributed by atoms with Crippen molar-refractivity contribution in [2.45, 2.75) is 52.1 Å². The first-order valence-electron chi connectivity index (χ1n) is 6.96. The van der Waals surface area contributed by atoms with Gasteiger partial charge in [-0.25, -0.2) is 4.79 Å². The summed E-state index contributed by atoms with van der Waals surface area (Å²) in [7, 11) is 0. The molecule has 1 saturated carbocycles. The monoisotopic (exact) mass is 269 g/mol. The van der Waals surface area contributed by atoms with Gasteiger partial charge in [-0.05, 0) is 46.0 Å². The molecule has 0 aromatic rings. The number of amides is 1. The number of hydrogen-bond acceptors (Lipinski definition) is 3. The molecule has 1 N–H and O–H groups in total. The van der Waals surface area contributed by atoms with Gasteiger partial charge in [0.05, 0.1) is 5.41 Å². The summed E-state index contributed by atoms with van der Waals surface area (Å²) in [6.07, 6.45) is 3.19. The summed E-state index contributed by atoms with van der Waals surface area (Å²) in [6, 6.07) is 0. The number of carboxylic acids is 1. The molecule has 2 rings (SSSR count). The van der Waals surface area contributed by atoms with Crippen LogP contribution in [0, 0.1) is 11.3 Å². The Kier molecular flexibility index (Phi) is 3.49.